The molecule has 5 rings (SSSR count). The number of hydrogen-bond acceptors (Lipinski definition) is 5. The van der Waals surface area contributed by atoms with E-state index in [1.807, 2.05) is 24.3 Å². The van der Waals surface area contributed by atoms with Crippen molar-refractivity contribution in [1.29, 1.82) is 0 Å². The van der Waals surface area contributed by atoms with Crippen LogP contribution in [0.15, 0.2) is 83.0 Å². The molecule has 3 aromatic heterocycles. The van der Waals surface area contributed by atoms with Gasteiger partial charge in [-0.25, -0.2) is 8.42 Å². The second-order valence-corrected chi connectivity index (χ2v) is 9.66. The Hall–Kier alpha value is -3.91. The van der Waals surface area contributed by atoms with Gasteiger partial charge < -0.3 is 14.3 Å². The first-order chi connectivity index (χ1) is 15.3. The molecular weight excluding hydrogens is 426 g/mol. The SMILES string of the molecule is Cn1cc(-c2cc(S(C)(=O)=O)ccc2Oc2ccc3ccncc3c2)c2cc[nH]c2c1=O. The van der Waals surface area contributed by atoms with Crippen molar-refractivity contribution in [3.63, 3.8) is 0 Å². The number of pyridine rings is 2. The third kappa shape index (κ3) is 3.44. The summed E-state index contributed by atoms with van der Waals surface area (Å²) >= 11 is 0. The van der Waals surface area contributed by atoms with Crippen LogP contribution in [0.2, 0.25) is 0 Å². The lowest BCUT2D eigenvalue weighted by Crippen LogP contribution is -2.16. The summed E-state index contributed by atoms with van der Waals surface area (Å²) < 4.78 is 32.2. The zero-order valence-corrected chi connectivity index (χ0v) is 18.2. The van der Waals surface area contributed by atoms with Gasteiger partial charge in [-0.3, -0.25) is 9.78 Å². The van der Waals surface area contributed by atoms with Crippen molar-refractivity contribution in [3.05, 3.63) is 83.7 Å². The number of aromatic nitrogens is 3. The van der Waals surface area contributed by atoms with E-state index in [0.717, 1.165) is 17.0 Å². The summed E-state index contributed by atoms with van der Waals surface area (Å²) in [5.41, 5.74) is 1.53. The number of nitrogens with zero attached hydrogens (tertiary/aromatic N) is 2. The van der Waals surface area contributed by atoms with E-state index in [0.29, 0.717) is 33.5 Å². The first-order valence-electron chi connectivity index (χ1n) is 9.84. The molecule has 0 amide bonds. The molecule has 0 bridgehead atoms. The molecule has 0 saturated heterocycles. The van der Waals surface area contributed by atoms with Crippen molar-refractivity contribution in [2.75, 3.05) is 6.26 Å². The highest BCUT2D eigenvalue weighted by Gasteiger charge is 2.18. The van der Waals surface area contributed by atoms with E-state index in [4.69, 9.17) is 4.74 Å². The molecule has 0 unspecified atom stereocenters. The highest BCUT2D eigenvalue weighted by Crippen LogP contribution is 2.38. The molecule has 5 aromatic rings. The van der Waals surface area contributed by atoms with Crippen LogP contribution in [-0.2, 0) is 16.9 Å². The van der Waals surface area contributed by atoms with E-state index in [1.165, 1.54) is 10.6 Å². The molecule has 1 N–H and O–H groups in total. The fraction of sp³-hybridized carbons (Fsp3) is 0.0833. The second-order valence-electron chi connectivity index (χ2n) is 7.64. The fourth-order valence-corrected chi connectivity index (χ4v) is 4.42. The Kier molecular flexibility index (Phi) is 4.60. The van der Waals surface area contributed by atoms with Crippen LogP contribution in [0.4, 0.5) is 0 Å². The average molecular weight is 446 g/mol. The van der Waals surface area contributed by atoms with Crippen LogP contribution in [0.1, 0.15) is 0 Å². The van der Waals surface area contributed by atoms with E-state index in [-0.39, 0.29) is 10.5 Å². The summed E-state index contributed by atoms with van der Waals surface area (Å²) in [6.45, 7) is 0. The van der Waals surface area contributed by atoms with Gasteiger partial charge in [0.2, 0.25) is 0 Å². The van der Waals surface area contributed by atoms with Gasteiger partial charge in [-0.2, -0.15) is 0 Å². The number of rotatable bonds is 4. The predicted molar refractivity (Wildman–Crippen MR) is 124 cm³/mol. The summed E-state index contributed by atoms with van der Waals surface area (Å²) in [5.74, 6) is 1.07. The molecule has 0 aliphatic rings. The van der Waals surface area contributed by atoms with Gasteiger partial charge in [-0.15, -0.1) is 0 Å². The van der Waals surface area contributed by atoms with E-state index < -0.39 is 9.84 Å². The first-order valence-corrected chi connectivity index (χ1v) is 11.7. The Morgan fingerprint density at radius 1 is 1.00 bits per heavy atom. The van der Waals surface area contributed by atoms with Gasteiger partial charge in [0.1, 0.15) is 17.0 Å². The minimum absolute atomic E-state index is 0.167. The Balaban J connectivity index is 1.73. The molecule has 160 valence electrons. The minimum atomic E-state index is -3.45. The third-order valence-electron chi connectivity index (χ3n) is 5.40. The molecular formula is C24H19N3O4S. The molecule has 7 nitrogen and oxygen atoms in total. The number of sulfone groups is 1. The highest BCUT2D eigenvalue weighted by molar-refractivity contribution is 7.90. The maximum atomic E-state index is 12.5. The Morgan fingerprint density at radius 2 is 1.84 bits per heavy atom. The van der Waals surface area contributed by atoms with Crippen LogP contribution < -0.4 is 10.3 Å². The predicted octanol–water partition coefficient (Wildman–Crippen LogP) is 4.28. The van der Waals surface area contributed by atoms with Crippen LogP contribution in [0, 0.1) is 0 Å². The van der Waals surface area contributed by atoms with Gasteiger partial charge in [0.05, 0.1) is 4.90 Å². The van der Waals surface area contributed by atoms with Crippen LogP contribution in [0.25, 0.3) is 32.8 Å². The molecule has 2 aromatic carbocycles. The molecule has 0 saturated carbocycles. The number of nitrogens with one attached hydrogen (secondary N) is 1. The first kappa shape index (κ1) is 20.0. The van der Waals surface area contributed by atoms with Crippen molar-refractivity contribution >= 4 is 31.5 Å². The zero-order chi connectivity index (χ0) is 22.5. The molecule has 0 spiro atoms. The molecule has 32 heavy (non-hydrogen) atoms. The summed E-state index contributed by atoms with van der Waals surface area (Å²) in [4.78, 5) is 19.8. The summed E-state index contributed by atoms with van der Waals surface area (Å²) in [6.07, 6.45) is 8.03. The molecule has 0 radical (unpaired) electrons. The summed E-state index contributed by atoms with van der Waals surface area (Å²) in [6, 6.07) is 14.1. The van der Waals surface area contributed by atoms with Crippen LogP contribution in [0.3, 0.4) is 0 Å². The monoisotopic (exact) mass is 445 g/mol. The molecule has 0 aliphatic heterocycles. The van der Waals surface area contributed by atoms with Crippen molar-refractivity contribution in [2.45, 2.75) is 4.90 Å². The number of hydrogen-bond donors (Lipinski definition) is 1. The molecule has 0 fully saturated rings. The lowest BCUT2D eigenvalue weighted by atomic mass is 10.0. The quantitative estimate of drug-likeness (QED) is 0.446. The Morgan fingerprint density at radius 3 is 2.66 bits per heavy atom. The van der Waals surface area contributed by atoms with Gasteiger partial charge >= 0.3 is 0 Å². The topological polar surface area (TPSA) is 94.0 Å². The van der Waals surface area contributed by atoms with Gasteiger partial charge in [0.25, 0.3) is 5.56 Å². The normalized spacial score (nSPS) is 11.8. The minimum Gasteiger partial charge on any atom is -0.457 e. The lowest BCUT2D eigenvalue weighted by molar-refractivity contribution is 0.485. The number of ether oxygens (including phenoxy) is 1. The van der Waals surface area contributed by atoms with Gasteiger partial charge in [0, 0.05) is 60.0 Å². The van der Waals surface area contributed by atoms with E-state index in [1.54, 1.807) is 50.0 Å². The molecule has 8 heteroatoms. The highest BCUT2D eigenvalue weighted by atomic mass is 32.2. The third-order valence-corrected chi connectivity index (χ3v) is 6.51. The van der Waals surface area contributed by atoms with Crippen molar-refractivity contribution in [3.8, 4) is 22.6 Å². The number of aryl methyl sites for hydroxylation is 1. The number of fused-ring (bicyclic) bond motifs is 2. The molecule has 0 atom stereocenters. The molecule has 3 heterocycles. The Labute approximate surface area is 183 Å². The summed E-state index contributed by atoms with van der Waals surface area (Å²) in [5, 5.41) is 2.65. The average Bonchev–Trinajstić information content (AvgIpc) is 3.26. The standard InChI is InChI=1S/C24H19N3O4S/c1-27-14-21(19-8-10-26-23(19)24(27)28)20-12-18(32(2,29)30)5-6-22(20)31-17-4-3-15-7-9-25-13-16(15)11-17/h3-14,26H,1-2H3. The van der Waals surface area contributed by atoms with Gasteiger partial charge in [-0.1, -0.05) is 6.07 Å². The van der Waals surface area contributed by atoms with Crippen LogP contribution in [0.5, 0.6) is 11.5 Å². The van der Waals surface area contributed by atoms with Crippen molar-refractivity contribution in [2.24, 2.45) is 7.05 Å². The van der Waals surface area contributed by atoms with Crippen molar-refractivity contribution in [1.82, 2.24) is 14.5 Å². The number of H-pyrrole nitrogens is 1. The van der Waals surface area contributed by atoms with E-state index in [2.05, 4.69) is 9.97 Å². The second kappa shape index (κ2) is 7.35. The van der Waals surface area contributed by atoms with E-state index >= 15 is 0 Å². The van der Waals surface area contributed by atoms with Crippen LogP contribution in [-0.4, -0.2) is 29.2 Å². The van der Waals surface area contributed by atoms with Crippen molar-refractivity contribution < 1.29 is 13.2 Å². The number of aromatic amines is 1. The number of benzene rings is 2. The Bertz CT molecular complexity index is 1670. The largest absolute Gasteiger partial charge is 0.457 e. The molecule has 0 aliphatic carbocycles. The summed E-state index contributed by atoms with van der Waals surface area (Å²) in [7, 11) is -1.79. The van der Waals surface area contributed by atoms with E-state index in [9.17, 15) is 13.2 Å². The zero-order valence-electron chi connectivity index (χ0n) is 17.4. The maximum Gasteiger partial charge on any atom is 0.274 e. The van der Waals surface area contributed by atoms with Gasteiger partial charge in [0.15, 0.2) is 9.84 Å². The van der Waals surface area contributed by atoms with Gasteiger partial charge in [-0.05, 0) is 47.9 Å². The fourth-order valence-electron chi connectivity index (χ4n) is 3.78. The van der Waals surface area contributed by atoms with Crippen LogP contribution >= 0.6 is 0 Å². The smallest absolute Gasteiger partial charge is 0.274 e. The maximum absolute atomic E-state index is 12.5. The lowest BCUT2D eigenvalue weighted by Gasteiger charge is -2.15.